The first-order valence-electron chi connectivity index (χ1n) is 6.95. The van der Waals surface area contributed by atoms with E-state index < -0.39 is 0 Å². The van der Waals surface area contributed by atoms with Gasteiger partial charge in [0.25, 0.3) is 0 Å². The fraction of sp³-hybridized carbons (Fsp3) is 1.00. The summed E-state index contributed by atoms with van der Waals surface area (Å²) >= 11 is 0. The number of rotatable bonds is 6. The Balaban J connectivity index is 2.52. The Bertz CT molecular complexity index is 184. The molecule has 1 aliphatic rings. The second-order valence-electron chi connectivity index (χ2n) is 5.45. The molecule has 0 aromatic heterocycles. The maximum atomic E-state index is 5.54. The van der Waals surface area contributed by atoms with Gasteiger partial charge in [-0.05, 0) is 44.6 Å². The molecule has 0 spiro atoms. The fourth-order valence-corrected chi connectivity index (χ4v) is 2.98. The summed E-state index contributed by atoms with van der Waals surface area (Å²) in [6, 6.07) is 0.549. The van der Waals surface area contributed by atoms with Gasteiger partial charge >= 0.3 is 0 Å². The number of hydrogen-bond donors (Lipinski definition) is 1. The van der Waals surface area contributed by atoms with E-state index in [1.165, 1.54) is 32.1 Å². The van der Waals surface area contributed by atoms with Gasteiger partial charge in [-0.3, -0.25) is 0 Å². The van der Waals surface area contributed by atoms with E-state index in [0.717, 1.165) is 18.4 Å². The molecule has 2 nitrogen and oxygen atoms in total. The van der Waals surface area contributed by atoms with Gasteiger partial charge in [-0.2, -0.15) is 0 Å². The van der Waals surface area contributed by atoms with Crippen molar-refractivity contribution in [1.82, 2.24) is 5.32 Å². The van der Waals surface area contributed by atoms with Gasteiger partial charge in [0.2, 0.25) is 0 Å². The van der Waals surface area contributed by atoms with Crippen LogP contribution in [0.5, 0.6) is 0 Å². The first-order chi connectivity index (χ1) is 7.69. The van der Waals surface area contributed by atoms with Gasteiger partial charge in [-0.15, -0.1) is 0 Å². The van der Waals surface area contributed by atoms with Crippen molar-refractivity contribution in [3.63, 3.8) is 0 Å². The second kappa shape index (κ2) is 7.29. The third-order valence-corrected chi connectivity index (χ3v) is 3.99. The summed E-state index contributed by atoms with van der Waals surface area (Å²) < 4.78 is 5.54. The second-order valence-corrected chi connectivity index (χ2v) is 5.45. The Morgan fingerprint density at radius 2 is 2.12 bits per heavy atom. The van der Waals surface area contributed by atoms with Gasteiger partial charge in [0.1, 0.15) is 0 Å². The molecule has 96 valence electrons. The van der Waals surface area contributed by atoms with E-state index in [-0.39, 0.29) is 0 Å². The van der Waals surface area contributed by atoms with E-state index in [0.29, 0.717) is 12.1 Å². The van der Waals surface area contributed by atoms with Crippen molar-refractivity contribution in [3.05, 3.63) is 0 Å². The maximum absolute atomic E-state index is 5.54. The summed E-state index contributed by atoms with van der Waals surface area (Å²) in [7, 11) is 1.83. The van der Waals surface area contributed by atoms with E-state index in [2.05, 4.69) is 26.1 Å². The van der Waals surface area contributed by atoms with E-state index in [9.17, 15) is 0 Å². The predicted octanol–water partition coefficient (Wildman–Crippen LogP) is 3.22. The van der Waals surface area contributed by atoms with Crippen molar-refractivity contribution in [2.24, 2.45) is 11.8 Å². The lowest BCUT2D eigenvalue weighted by molar-refractivity contribution is 0.0471. The van der Waals surface area contributed by atoms with Crippen LogP contribution in [-0.4, -0.2) is 25.8 Å². The molecule has 4 unspecified atom stereocenters. The third kappa shape index (κ3) is 4.06. The molecule has 0 heterocycles. The van der Waals surface area contributed by atoms with Crippen LogP contribution in [0.1, 0.15) is 52.9 Å². The van der Waals surface area contributed by atoms with Crippen LogP contribution < -0.4 is 5.32 Å². The summed E-state index contributed by atoms with van der Waals surface area (Å²) in [5.41, 5.74) is 0. The first kappa shape index (κ1) is 14.0. The van der Waals surface area contributed by atoms with Crippen LogP contribution in [0, 0.1) is 11.8 Å². The monoisotopic (exact) mass is 227 g/mol. The molecule has 0 aliphatic heterocycles. The SMILES string of the molecule is CCCNC(C1CCCC(C)C1)C(C)OC. The lowest BCUT2D eigenvalue weighted by Crippen LogP contribution is -2.46. The molecule has 0 bridgehead atoms. The summed E-state index contributed by atoms with van der Waals surface area (Å²) in [6.45, 7) is 7.93. The normalized spacial score (nSPS) is 30.0. The molecule has 0 radical (unpaired) electrons. The van der Waals surface area contributed by atoms with Crippen molar-refractivity contribution in [1.29, 1.82) is 0 Å². The molecule has 2 heteroatoms. The topological polar surface area (TPSA) is 21.3 Å². The van der Waals surface area contributed by atoms with Gasteiger partial charge in [-0.1, -0.05) is 26.7 Å². The van der Waals surface area contributed by atoms with Gasteiger partial charge in [0, 0.05) is 13.2 Å². The summed E-state index contributed by atoms with van der Waals surface area (Å²) in [6.07, 6.45) is 7.09. The molecule has 4 atom stereocenters. The Morgan fingerprint density at radius 3 is 2.69 bits per heavy atom. The van der Waals surface area contributed by atoms with Crippen LogP contribution in [0.4, 0.5) is 0 Å². The van der Waals surface area contributed by atoms with Crippen molar-refractivity contribution in [2.45, 2.75) is 65.0 Å². The first-order valence-corrected chi connectivity index (χ1v) is 6.95. The average Bonchev–Trinajstić information content (AvgIpc) is 2.29. The third-order valence-electron chi connectivity index (χ3n) is 3.99. The molecule has 0 aromatic rings. The largest absolute Gasteiger partial charge is 0.380 e. The van der Waals surface area contributed by atoms with Gasteiger partial charge < -0.3 is 10.1 Å². The van der Waals surface area contributed by atoms with Crippen molar-refractivity contribution < 1.29 is 4.74 Å². The highest BCUT2D eigenvalue weighted by Gasteiger charge is 2.29. The van der Waals surface area contributed by atoms with Crippen molar-refractivity contribution in [2.75, 3.05) is 13.7 Å². The molecular formula is C14H29NO. The van der Waals surface area contributed by atoms with Crippen LogP contribution >= 0.6 is 0 Å². The van der Waals surface area contributed by atoms with Gasteiger partial charge in [0.05, 0.1) is 6.10 Å². The molecule has 0 aromatic carbocycles. The highest BCUT2D eigenvalue weighted by Crippen LogP contribution is 2.32. The average molecular weight is 227 g/mol. The lowest BCUT2D eigenvalue weighted by atomic mass is 9.77. The molecular weight excluding hydrogens is 198 g/mol. The van der Waals surface area contributed by atoms with Crippen LogP contribution in [-0.2, 0) is 4.74 Å². The highest BCUT2D eigenvalue weighted by molar-refractivity contribution is 4.85. The zero-order valence-corrected chi connectivity index (χ0v) is 11.5. The van der Waals surface area contributed by atoms with E-state index in [1.807, 2.05) is 7.11 Å². The quantitative estimate of drug-likeness (QED) is 0.752. The maximum Gasteiger partial charge on any atom is 0.0698 e. The molecule has 1 saturated carbocycles. The minimum absolute atomic E-state index is 0.335. The smallest absolute Gasteiger partial charge is 0.0698 e. The zero-order chi connectivity index (χ0) is 12.0. The summed E-state index contributed by atoms with van der Waals surface area (Å²) in [4.78, 5) is 0. The molecule has 1 N–H and O–H groups in total. The molecule has 1 aliphatic carbocycles. The molecule has 1 rings (SSSR count). The number of ether oxygens (including phenoxy) is 1. The molecule has 16 heavy (non-hydrogen) atoms. The van der Waals surface area contributed by atoms with Gasteiger partial charge in [0.15, 0.2) is 0 Å². The lowest BCUT2D eigenvalue weighted by Gasteiger charge is -2.36. The zero-order valence-electron chi connectivity index (χ0n) is 11.5. The van der Waals surface area contributed by atoms with Crippen LogP contribution in [0.2, 0.25) is 0 Å². The van der Waals surface area contributed by atoms with Crippen LogP contribution in [0.15, 0.2) is 0 Å². The van der Waals surface area contributed by atoms with Crippen LogP contribution in [0.25, 0.3) is 0 Å². The molecule has 1 fully saturated rings. The summed E-state index contributed by atoms with van der Waals surface area (Å²) in [5.74, 6) is 1.71. The van der Waals surface area contributed by atoms with Crippen molar-refractivity contribution >= 4 is 0 Å². The van der Waals surface area contributed by atoms with E-state index in [4.69, 9.17) is 4.74 Å². The van der Waals surface area contributed by atoms with Gasteiger partial charge in [-0.25, -0.2) is 0 Å². The number of hydrogen-bond acceptors (Lipinski definition) is 2. The Labute approximate surface area is 101 Å². The minimum Gasteiger partial charge on any atom is -0.380 e. The number of nitrogens with one attached hydrogen (secondary N) is 1. The molecule has 0 saturated heterocycles. The summed E-state index contributed by atoms with van der Waals surface area (Å²) in [5, 5.41) is 3.69. The van der Waals surface area contributed by atoms with Crippen molar-refractivity contribution in [3.8, 4) is 0 Å². The Hall–Kier alpha value is -0.0800. The standard InChI is InChI=1S/C14H29NO/c1-5-9-15-14(12(3)16-4)13-8-6-7-11(2)10-13/h11-15H,5-10H2,1-4H3. The van der Waals surface area contributed by atoms with E-state index in [1.54, 1.807) is 0 Å². The van der Waals surface area contributed by atoms with Crippen LogP contribution in [0.3, 0.4) is 0 Å². The Morgan fingerprint density at radius 1 is 1.38 bits per heavy atom. The number of methoxy groups -OCH3 is 1. The fourth-order valence-electron chi connectivity index (χ4n) is 2.98. The highest BCUT2D eigenvalue weighted by atomic mass is 16.5. The van der Waals surface area contributed by atoms with E-state index >= 15 is 0 Å². The molecule has 0 amide bonds. The minimum atomic E-state index is 0.335. The Kier molecular flexibility index (Phi) is 6.37. The predicted molar refractivity (Wildman–Crippen MR) is 69.7 cm³/mol.